The Labute approximate surface area is 202 Å². The SMILES string of the molecule is CC(C)Oc1cccc(OC(C)C)c1N(CC1(c2cn(C)c3ccccc23)CCCC1)C(N)=O. The molecule has 34 heavy (non-hydrogen) atoms. The van der Waals surface area contributed by atoms with E-state index in [1.807, 2.05) is 45.9 Å². The van der Waals surface area contributed by atoms with Crippen LogP contribution in [0.2, 0.25) is 0 Å². The fourth-order valence-electron chi connectivity index (χ4n) is 5.36. The van der Waals surface area contributed by atoms with E-state index in [0.717, 1.165) is 25.7 Å². The fraction of sp³-hybridized carbons (Fsp3) is 0.464. The molecule has 1 aliphatic rings. The van der Waals surface area contributed by atoms with Crippen molar-refractivity contribution >= 4 is 22.6 Å². The molecule has 182 valence electrons. The number of rotatable bonds is 8. The molecular formula is C28H37N3O3. The number of primary amides is 1. The third-order valence-electron chi connectivity index (χ3n) is 6.71. The quantitative estimate of drug-likeness (QED) is 0.436. The van der Waals surface area contributed by atoms with Gasteiger partial charge in [-0.25, -0.2) is 4.79 Å². The lowest BCUT2D eigenvalue weighted by Gasteiger charge is -2.36. The lowest BCUT2D eigenvalue weighted by atomic mass is 9.78. The van der Waals surface area contributed by atoms with Crippen molar-refractivity contribution in [3.8, 4) is 11.5 Å². The number of aromatic nitrogens is 1. The molecule has 6 nitrogen and oxygen atoms in total. The molecule has 6 heteroatoms. The summed E-state index contributed by atoms with van der Waals surface area (Å²) in [5, 5.41) is 1.24. The minimum absolute atomic E-state index is 0.0544. The predicted molar refractivity (Wildman–Crippen MR) is 138 cm³/mol. The molecule has 1 fully saturated rings. The third kappa shape index (κ3) is 4.59. The van der Waals surface area contributed by atoms with Gasteiger partial charge in [0.25, 0.3) is 0 Å². The summed E-state index contributed by atoms with van der Waals surface area (Å²) in [6.45, 7) is 8.38. The maximum absolute atomic E-state index is 13.0. The molecule has 1 aliphatic carbocycles. The number of nitrogens with two attached hydrogens (primary N) is 1. The van der Waals surface area contributed by atoms with Gasteiger partial charge in [0, 0.05) is 36.1 Å². The number of hydrogen-bond acceptors (Lipinski definition) is 3. The molecule has 0 unspecified atom stereocenters. The molecule has 1 heterocycles. The zero-order chi connectivity index (χ0) is 24.5. The molecule has 1 aromatic heterocycles. The summed E-state index contributed by atoms with van der Waals surface area (Å²) in [5.74, 6) is 1.22. The van der Waals surface area contributed by atoms with E-state index in [1.54, 1.807) is 4.90 Å². The summed E-state index contributed by atoms with van der Waals surface area (Å²) < 4.78 is 14.5. The van der Waals surface area contributed by atoms with Crippen LogP contribution in [-0.4, -0.2) is 29.4 Å². The van der Waals surface area contributed by atoms with Gasteiger partial charge in [0.1, 0.15) is 17.2 Å². The van der Waals surface area contributed by atoms with Gasteiger partial charge in [-0.1, -0.05) is 37.1 Å². The van der Waals surface area contributed by atoms with Crippen molar-refractivity contribution in [3.05, 3.63) is 54.2 Å². The average Bonchev–Trinajstić information content (AvgIpc) is 3.38. The summed E-state index contributed by atoms with van der Waals surface area (Å²) in [4.78, 5) is 14.7. The fourth-order valence-corrected chi connectivity index (χ4v) is 5.36. The minimum atomic E-state index is -0.500. The van der Waals surface area contributed by atoms with Crippen LogP contribution in [0.5, 0.6) is 11.5 Å². The van der Waals surface area contributed by atoms with E-state index in [-0.39, 0.29) is 17.6 Å². The normalized spacial score (nSPS) is 15.3. The number of benzene rings is 2. The van der Waals surface area contributed by atoms with Crippen molar-refractivity contribution < 1.29 is 14.3 Å². The molecule has 0 saturated heterocycles. The van der Waals surface area contributed by atoms with Crippen molar-refractivity contribution in [1.29, 1.82) is 0 Å². The van der Waals surface area contributed by atoms with Crippen LogP contribution < -0.4 is 20.1 Å². The second kappa shape index (κ2) is 9.61. The maximum atomic E-state index is 13.0. The van der Waals surface area contributed by atoms with Gasteiger partial charge in [-0.2, -0.15) is 0 Å². The Hall–Kier alpha value is -3.15. The number of carbonyl (C=O) groups excluding carboxylic acids is 1. The van der Waals surface area contributed by atoms with Crippen LogP contribution in [0.1, 0.15) is 58.9 Å². The number of ether oxygens (including phenoxy) is 2. The van der Waals surface area contributed by atoms with Crippen LogP contribution >= 0.6 is 0 Å². The van der Waals surface area contributed by atoms with Gasteiger partial charge in [-0.3, -0.25) is 4.90 Å². The monoisotopic (exact) mass is 463 g/mol. The van der Waals surface area contributed by atoms with Gasteiger partial charge < -0.3 is 19.8 Å². The van der Waals surface area contributed by atoms with Gasteiger partial charge >= 0.3 is 6.03 Å². The second-order valence-corrected chi connectivity index (χ2v) is 10.0. The van der Waals surface area contributed by atoms with Gasteiger partial charge in [0.2, 0.25) is 0 Å². The molecule has 0 aliphatic heterocycles. The number of para-hydroxylation sites is 2. The lowest BCUT2D eigenvalue weighted by Crippen LogP contribution is -2.45. The van der Waals surface area contributed by atoms with E-state index in [0.29, 0.717) is 23.7 Å². The largest absolute Gasteiger partial charge is 0.489 e. The summed E-state index contributed by atoms with van der Waals surface area (Å²) in [7, 11) is 2.08. The van der Waals surface area contributed by atoms with E-state index in [2.05, 4.69) is 42.1 Å². The van der Waals surface area contributed by atoms with E-state index < -0.39 is 6.03 Å². The van der Waals surface area contributed by atoms with Crippen LogP contribution in [0.3, 0.4) is 0 Å². The number of anilines is 1. The van der Waals surface area contributed by atoms with Crippen LogP contribution in [0.15, 0.2) is 48.7 Å². The molecule has 2 N–H and O–H groups in total. The van der Waals surface area contributed by atoms with Crippen LogP contribution in [0.25, 0.3) is 10.9 Å². The summed E-state index contributed by atoms with van der Waals surface area (Å²) >= 11 is 0. The number of urea groups is 1. The first-order valence-corrected chi connectivity index (χ1v) is 12.3. The molecular weight excluding hydrogens is 426 g/mol. The topological polar surface area (TPSA) is 69.7 Å². The van der Waals surface area contributed by atoms with Gasteiger partial charge in [0.05, 0.1) is 12.2 Å². The van der Waals surface area contributed by atoms with Crippen molar-refractivity contribution in [3.63, 3.8) is 0 Å². The smallest absolute Gasteiger partial charge is 0.319 e. The molecule has 0 spiro atoms. The van der Waals surface area contributed by atoms with Crippen molar-refractivity contribution in [2.45, 2.75) is 71.0 Å². The first-order chi connectivity index (χ1) is 16.2. The lowest BCUT2D eigenvalue weighted by molar-refractivity contribution is 0.227. The molecule has 2 aromatic carbocycles. The standard InChI is InChI=1S/C28H37N3O3/c1-19(2)33-24-13-10-14-25(34-20(3)4)26(24)31(27(29)32)18-28(15-8-9-16-28)22-17-30(5)23-12-7-6-11-21(22)23/h6-7,10-14,17,19-20H,8-9,15-16,18H2,1-5H3,(H2,29,32). The molecule has 0 bridgehead atoms. The Bertz CT molecular complexity index is 1130. The molecule has 1 saturated carbocycles. The zero-order valence-corrected chi connectivity index (χ0v) is 21.0. The number of amides is 2. The summed E-state index contributed by atoms with van der Waals surface area (Å²) in [5.41, 5.74) is 8.96. The minimum Gasteiger partial charge on any atom is -0.489 e. The number of fused-ring (bicyclic) bond motifs is 1. The van der Waals surface area contributed by atoms with E-state index in [4.69, 9.17) is 15.2 Å². The van der Waals surface area contributed by atoms with Crippen molar-refractivity contribution in [1.82, 2.24) is 4.57 Å². The van der Waals surface area contributed by atoms with Crippen LogP contribution in [-0.2, 0) is 12.5 Å². The number of aryl methyl sites for hydroxylation is 1. The first kappa shape index (κ1) is 24.0. The highest BCUT2D eigenvalue weighted by Gasteiger charge is 2.41. The maximum Gasteiger partial charge on any atom is 0.319 e. The Balaban J connectivity index is 1.85. The number of carbonyl (C=O) groups is 1. The van der Waals surface area contributed by atoms with Crippen LogP contribution in [0, 0.1) is 0 Å². The van der Waals surface area contributed by atoms with E-state index >= 15 is 0 Å². The molecule has 2 amide bonds. The number of nitrogens with zero attached hydrogens (tertiary/aromatic N) is 2. The summed E-state index contributed by atoms with van der Waals surface area (Å²) in [6.07, 6.45) is 6.36. The molecule has 3 aromatic rings. The highest BCUT2D eigenvalue weighted by Crippen LogP contribution is 2.47. The average molecular weight is 464 g/mol. The highest BCUT2D eigenvalue weighted by molar-refractivity contribution is 5.95. The molecule has 0 atom stereocenters. The Morgan fingerprint density at radius 1 is 1.00 bits per heavy atom. The Morgan fingerprint density at radius 2 is 1.59 bits per heavy atom. The van der Waals surface area contributed by atoms with Crippen molar-refractivity contribution in [2.75, 3.05) is 11.4 Å². The number of hydrogen-bond donors (Lipinski definition) is 1. The van der Waals surface area contributed by atoms with Gasteiger partial charge in [0.15, 0.2) is 0 Å². The Morgan fingerprint density at radius 3 is 2.15 bits per heavy atom. The molecule has 0 radical (unpaired) electrons. The van der Waals surface area contributed by atoms with Gasteiger partial charge in [-0.15, -0.1) is 0 Å². The summed E-state index contributed by atoms with van der Waals surface area (Å²) in [6, 6.07) is 13.7. The zero-order valence-electron chi connectivity index (χ0n) is 21.0. The van der Waals surface area contributed by atoms with Crippen LogP contribution in [0.4, 0.5) is 10.5 Å². The third-order valence-corrected chi connectivity index (χ3v) is 6.71. The Kier molecular flexibility index (Phi) is 6.78. The molecule has 4 rings (SSSR count). The van der Waals surface area contributed by atoms with E-state index in [9.17, 15) is 4.79 Å². The highest BCUT2D eigenvalue weighted by atomic mass is 16.5. The van der Waals surface area contributed by atoms with E-state index in [1.165, 1.54) is 16.5 Å². The van der Waals surface area contributed by atoms with Crippen molar-refractivity contribution in [2.24, 2.45) is 12.8 Å². The second-order valence-electron chi connectivity index (χ2n) is 10.0. The predicted octanol–water partition coefficient (Wildman–Crippen LogP) is 6.15. The van der Waals surface area contributed by atoms with Gasteiger partial charge in [-0.05, 0) is 64.3 Å². The first-order valence-electron chi connectivity index (χ1n) is 12.3.